The third kappa shape index (κ3) is 4.94. The Labute approximate surface area is 176 Å². The summed E-state index contributed by atoms with van der Waals surface area (Å²) in [7, 11) is 0. The van der Waals surface area contributed by atoms with Crippen LogP contribution in [0.5, 0.6) is 0 Å². The lowest BCUT2D eigenvalue weighted by molar-refractivity contribution is -0.139. The molecule has 0 saturated carbocycles. The Morgan fingerprint density at radius 1 is 1.00 bits per heavy atom. The van der Waals surface area contributed by atoms with E-state index in [9.17, 15) is 9.59 Å². The van der Waals surface area contributed by atoms with Crippen LogP contribution in [0, 0.1) is 0 Å². The lowest BCUT2D eigenvalue weighted by Gasteiger charge is -2.38. The first-order valence-corrected chi connectivity index (χ1v) is 10.6. The summed E-state index contributed by atoms with van der Waals surface area (Å²) in [4.78, 5) is 40.1. The Bertz CT molecular complexity index is 839. The highest BCUT2D eigenvalue weighted by molar-refractivity contribution is 5.89. The van der Waals surface area contributed by atoms with Gasteiger partial charge in [0.25, 0.3) is 0 Å². The molecule has 0 radical (unpaired) electrons. The van der Waals surface area contributed by atoms with Crippen molar-refractivity contribution < 1.29 is 9.59 Å². The number of aromatic nitrogens is 2. The average Bonchev–Trinajstić information content (AvgIpc) is 2.81. The molecule has 0 spiro atoms. The van der Waals surface area contributed by atoms with Crippen molar-refractivity contribution >= 4 is 17.8 Å². The molecule has 1 aromatic heterocycles. The van der Waals surface area contributed by atoms with Crippen LogP contribution in [0.1, 0.15) is 12.0 Å². The largest absolute Gasteiger partial charge is 0.353 e. The molecular formula is C22H28N6O2. The van der Waals surface area contributed by atoms with E-state index in [1.54, 1.807) is 18.5 Å². The lowest BCUT2D eigenvalue weighted by Crippen LogP contribution is -2.58. The zero-order valence-electron chi connectivity index (χ0n) is 17.1. The summed E-state index contributed by atoms with van der Waals surface area (Å²) < 4.78 is 0. The topological polar surface area (TPSA) is 81.7 Å². The van der Waals surface area contributed by atoms with Gasteiger partial charge in [0.15, 0.2) is 0 Å². The Hall–Kier alpha value is -3.00. The summed E-state index contributed by atoms with van der Waals surface area (Å²) in [5, 5.41) is 2.92. The van der Waals surface area contributed by atoms with Gasteiger partial charge < -0.3 is 15.1 Å². The highest BCUT2D eigenvalue weighted by Crippen LogP contribution is 2.15. The normalized spacial score (nSPS) is 20.1. The summed E-state index contributed by atoms with van der Waals surface area (Å²) in [5.74, 6) is 0.692. The number of piperazine rings is 2. The van der Waals surface area contributed by atoms with Crippen LogP contribution in [0.2, 0.25) is 0 Å². The maximum absolute atomic E-state index is 12.9. The van der Waals surface area contributed by atoms with Gasteiger partial charge in [-0.05, 0) is 18.1 Å². The van der Waals surface area contributed by atoms with E-state index in [0.29, 0.717) is 38.7 Å². The number of rotatable bonds is 6. The second-order valence-electron chi connectivity index (χ2n) is 7.70. The van der Waals surface area contributed by atoms with Gasteiger partial charge in [-0.25, -0.2) is 9.97 Å². The minimum Gasteiger partial charge on any atom is -0.353 e. The van der Waals surface area contributed by atoms with Crippen molar-refractivity contribution in [3.05, 3.63) is 54.4 Å². The first kappa shape index (κ1) is 20.3. The molecule has 1 aromatic carbocycles. The van der Waals surface area contributed by atoms with Gasteiger partial charge >= 0.3 is 0 Å². The van der Waals surface area contributed by atoms with E-state index in [1.807, 2.05) is 23.1 Å². The fourth-order valence-corrected chi connectivity index (χ4v) is 4.07. The highest BCUT2D eigenvalue weighted by atomic mass is 16.2. The van der Waals surface area contributed by atoms with E-state index in [0.717, 1.165) is 19.5 Å². The van der Waals surface area contributed by atoms with Gasteiger partial charge in [0.1, 0.15) is 0 Å². The number of carbonyl (C=O) groups is 2. The number of amides is 2. The maximum atomic E-state index is 12.9. The Kier molecular flexibility index (Phi) is 6.53. The second kappa shape index (κ2) is 9.67. The molecule has 8 heteroatoms. The van der Waals surface area contributed by atoms with Gasteiger partial charge in [-0.1, -0.05) is 30.3 Å². The van der Waals surface area contributed by atoms with Crippen molar-refractivity contribution in [2.45, 2.75) is 18.9 Å². The number of nitrogens with zero attached hydrogens (tertiary/aromatic N) is 5. The zero-order chi connectivity index (χ0) is 20.8. The number of hydrogen-bond donors (Lipinski definition) is 1. The molecule has 0 aliphatic carbocycles. The van der Waals surface area contributed by atoms with Crippen molar-refractivity contribution in [3.63, 3.8) is 0 Å². The van der Waals surface area contributed by atoms with Gasteiger partial charge in [-0.3, -0.25) is 14.5 Å². The molecule has 30 heavy (non-hydrogen) atoms. The molecule has 2 aliphatic rings. The van der Waals surface area contributed by atoms with Crippen LogP contribution in [0.4, 0.5) is 5.95 Å². The molecule has 2 saturated heterocycles. The molecule has 2 aromatic rings. The first-order chi connectivity index (χ1) is 14.7. The van der Waals surface area contributed by atoms with Gasteiger partial charge in [0.05, 0.1) is 12.5 Å². The Balaban J connectivity index is 1.32. The maximum Gasteiger partial charge on any atom is 0.237 e. The summed E-state index contributed by atoms with van der Waals surface area (Å²) >= 11 is 0. The molecule has 8 nitrogen and oxygen atoms in total. The molecule has 3 heterocycles. The van der Waals surface area contributed by atoms with E-state index in [1.165, 1.54) is 5.56 Å². The van der Waals surface area contributed by atoms with Gasteiger partial charge in [-0.15, -0.1) is 0 Å². The third-order valence-corrected chi connectivity index (χ3v) is 5.81. The smallest absolute Gasteiger partial charge is 0.237 e. The lowest BCUT2D eigenvalue weighted by atomic mass is 10.1. The van der Waals surface area contributed by atoms with Gasteiger partial charge in [-0.2, -0.15) is 0 Å². The predicted octanol–water partition coefficient (Wildman–Crippen LogP) is 0.558. The molecule has 2 amide bonds. The van der Waals surface area contributed by atoms with Gasteiger partial charge in [0.2, 0.25) is 17.8 Å². The zero-order valence-corrected chi connectivity index (χ0v) is 17.1. The fraction of sp³-hybridized carbons (Fsp3) is 0.455. The molecule has 4 rings (SSSR count). The van der Waals surface area contributed by atoms with Gasteiger partial charge in [0, 0.05) is 58.2 Å². The van der Waals surface area contributed by atoms with E-state index < -0.39 is 6.04 Å². The number of hydrogen-bond acceptors (Lipinski definition) is 6. The van der Waals surface area contributed by atoms with Crippen molar-refractivity contribution in [1.82, 2.24) is 25.1 Å². The van der Waals surface area contributed by atoms with E-state index in [4.69, 9.17) is 0 Å². The summed E-state index contributed by atoms with van der Waals surface area (Å²) in [6, 6.07) is 11.6. The molecule has 1 atom stereocenters. The van der Waals surface area contributed by atoms with Crippen LogP contribution >= 0.6 is 0 Å². The minimum absolute atomic E-state index is 0.0374. The monoisotopic (exact) mass is 408 g/mol. The second-order valence-corrected chi connectivity index (χ2v) is 7.70. The summed E-state index contributed by atoms with van der Waals surface area (Å²) in [5.41, 5.74) is 1.24. The molecule has 0 bridgehead atoms. The number of benzene rings is 1. The van der Waals surface area contributed by atoms with Crippen LogP contribution in [0.3, 0.4) is 0 Å². The van der Waals surface area contributed by atoms with Crippen molar-refractivity contribution in [1.29, 1.82) is 0 Å². The first-order valence-electron chi connectivity index (χ1n) is 10.6. The number of nitrogens with one attached hydrogen (secondary N) is 1. The van der Waals surface area contributed by atoms with Crippen molar-refractivity contribution in [2.24, 2.45) is 0 Å². The third-order valence-electron chi connectivity index (χ3n) is 5.81. The van der Waals surface area contributed by atoms with E-state index in [-0.39, 0.29) is 18.2 Å². The SMILES string of the molecule is O=C1NCCN(CCc2ccccc2)[C@H]1CC(=O)N1CCN(c2ncccn2)CC1. The van der Waals surface area contributed by atoms with Crippen LogP contribution in [0.25, 0.3) is 0 Å². The Morgan fingerprint density at radius 2 is 1.73 bits per heavy atom. The molecule has 0 unspecified atom stereocenters. The van der Waals surface area contributed by atoms with Crippen LogP contribution in [0.15, 0.2) is 48.8 Å². The summed E-state index contributed by atoms with van der Waals surface area (Å²) in [6.07, 6.45) is 4.55. The quantitative estimate of drug-likeness (QED) is 0.752. The predicted molar refractivity (Wildman–Crippen MR) is 114 cm³/mol. The molecule has 2 aliphatic heterocycles. The van der Waals surface area contributed by atoms with Crippen molar-refractivity contribution in [3.8, 4) is 0 Å². The molecule has 1 N–H and O–H groups in total. The molecule has 158 valence electrons. The standard InChI is InChI=1S/C22H28N6O2/c29-20(27-13-15-28(16-14-27)22-24-8-4-9-25-22)17-19-21(30)23-10-12-26(19)11-7-18-5-2-1-3-6-18/h1-6,8-9,19H,7,10-17H2,(H,23,30)/t19-/m0/s1. The summed E-state index contributed by atoms with van der Waals surface area (Å²) in [6.45, 7) is 4.82. The minimum atomic E-state index is -0.398. The fourth-order valence-electron chi connectivity index (χ4n) is 4.07. The van der Waals surface area contributed by atoms with E-state index >= 15 is 0 Å². The molecule has 2 fully saturated rings. The van der Waals surface area contributed by atoms with Crippen LogP contribution in [-0.2, 0) is 16.0 Å². The van der Waals surface area contributed by atoms with Crippen molar-refractivity contribution in [2.75, 3.05) is 50.7 Å². The average molecular weight is 409 g/mol. The van der Waals surface area contributed by atoms with Crippen LogP contribution < -0.4 is 10.2 Å². The van der Waals surface area contributed by atoms with Crippen LogP contribution in [-0.4, -0.2) is 83.4 Å². The van der Waals surface area contributed by atoms with E-state index in [2.05, 4.69) is 37.2 Å². The molecular weight excluding hydrogens is 380 g/mol. The number of anilines is 1. The highest BCUT2D eigenvalue weighted by Gasteiger charge is 2.33. The Morgan fingerprint density at radius 3 is 2.47 bits per heavy atom. The number of carbonyl (C=O) groups excluding carboxylic acids is 2.